The van der Waals surface area contributed by atoms with Crippen molar-refractivity contribution in [2.75, 3.05) is 6.61 Å². The Labute approximate surface area is 148 Å². The van der Waals surface area contributed by atoms with Gasteiger partial charge in [-0.15, -0.1) is 0 Å². The average Bonchev–Trinajstić information content (AvgIpc) is 2.96. The van der Waals surface area contributed by atoms with Gasteiger partial charge in [-0.1, -0.05) is 53.2 Å². The molecule has 2 aliphatic rings. The molecule has 2 atom stereocenters. The Hall–Kier alpha value is -1.20. The molecule has 2 aromatic rings. The Kier molecular flexibility index (Phi) is 3.81. The van der Waals surface area contributed by atoms with Crippen LogP contribution in [-0.4, -0.2) is 22.0 Å². The number of aliphatic imine (C=N–C) groups is 1. The van der Waals surface area contributed by atoms with E-state index in [0.717, 1.165) is 22.6 Å². The van der Waals surface area contributed by atoms with Gasteiger partial charge in [0.15, 0.2) is 5.72 Å². The van der Waals surface area contributed by atoms with Gasteiger partial charge in [-0.05, 0) is 36.2 Å². The molecule has 0 spiro atoms. The van der Waals surface area contributed by atoms with Gasteiger partial charge in [0.1, 0.15) is 17.4 Å². The highest BCUT2D eigenvalue weighted by atomic mass is 35.5. The summed E-state index contributed by atoms with van der Waals surface area (Å²) in [5.74, 6) is 0.619. The lowest BCUT2D eigenvalue weighted by Crippen LogP contribution is -2.27. The molecular formula is C17H13Cl2NO2S. The van der Waals surface area contributed by atoms with Crippen LogP contribution in [0.1, 0.15) is 11.1 Å². The van der Waals surface area contributed by atoms with E-state index in [1.807, 2.05) is 30.3 Å². The van der Waals surface area contributed by atoms with E-state index in [2.05, 4.69) is 4.99 Å². The number of fused-ring (bicyclic) bond motifs is 3. The number of thioether (sulfide) groups is 1. The maximum atomic E-state index is 11.0. The number of ether oxygens (including phenoxy) is 1. The second kappa shape index (κ2) is 5.71. The van der Waals surface area contributed by atoms with Crippen molar-refractivity contribution in [1.82, 2.24) is 0 Å². The summed E-state index contributed by atoms with van der Waals surface area (Å²) in [5, 5.41) is 13.0. The van der Waals surface area contributed by atoms with Gasteiger partial charge >= 0.3 is 0 Å². The second-order valence-corrected chi connectivity index (χ2v) is 7.68. The zero-order chi connectivity index (χ0) is 16.0. The Balaban J connectivity index is 1.55. The lowest BCUT2D eigenvalue weighted by molar-refractivity contribution is 0.0577. The lowest BCUT2D eigenvalue weighted by atomic mass is 10.1. The predicted octanol–water partition coefficient (Wildman–Crippen LogP) is 4.29. The molecule has 2 aromatic carbocycles. The van der Waals surface area contributed by atoms with Crippen LogP contribution in [0, 0.1) is 0 Å². The molecule has 4 rings (SSSR count). The fourth-order valence-corrected chi connectivity index (χ4v) is 4.65. The topological polar surface area (TPSA) is 41.8 Å². The molecule has 0 amide bonds. The smallest absolute Gasteiger partial charge is 0.196 e. The summed E-state index contributed by atoms with van der Waals surface area (Å²) in [6, 6.07) is 12.9. The quantitative estimate of drug-likeness (QED) is 0.881. The van der Waals surface area contributed by atoms with Crippen molar-refractivity contribution in [2.24, 2.45) is 4.99 Å². The zero-order valence-electron chi connectivity index (χ0n) is 12.0. The molecule has 1 aliphatic heterocycles. The average molecular weight is 366 g/mol. The number of hydrogen-bond acceptors (Lipinski definition) is 4. The highest BCUT2D eigenvalue weighted by Crippen LogP contribution is 2.49. The van der Waals surface area contributed by atoms with Crippen molar-refractivity contribution in [3.63, 3.8) is 0 Å². The van der Waals surface area contributed by atoms with Crippen LogP contribution in [0.4, 0.5) is 0 Å². The summed E-state index contributed by atoms with van der Waals surface area (Å²) in [4.78, 5) is 4.52. The molecule has 0 saturated heterocycles. The normalized spacial score (nSPS) is 25.0. The molecule has 1 aliphatic carbocycles. The molecule has 6 heteroatoms. The lowest BCUT2D eigenvalue weighted by Gasteiger charge is -2.19. The number of aliphatic hydroxyl groups is 1. The van der Waals surface area contributed by atoms with Crippen molar-refractivity contribution in [2.45, 2.75) is 17.4 Å². The largest absolute Gasteiger partial charge is 0.485 e. The molecule has 118 valence electrons. The van der Waals surface area contributed by atoms with Crippen LogP contribution in [0.3, 0.4) is 0 Å². The zero-order valence-corrected chi connectivity index (χ0v) is 14.3. The van der Waals surface area contributed by atoms with E-state index < -0.39 is 5.72 Å². The minimum Gasteiger partial charge on any atom is -0.485 e. The van der Waals surface area contributed by atoms with Crippen molar-refractivity contribution >= 4 is 40.0 Å². The molecule has 23 heavy (non-hydrogen) atoms. The van der Waals surface area contributed by atoms with Crippen LogP contribution in [-0.2, 0) is 12.1 Å². The van der Waals surface area contributed by atoms with Gasteiger partial charge in [-0.25, -0.2) is 4.99 Å². The predicted molar refractivity (Wildman–Crippen MR) is 94.8 cm³/mol. The van der Waals surface area contributed by atoms with Crippen LogP contribution >= 0.6 is 35.0 Å². The van der Waals surface area contributed by atoms with Crippen LogP contribution in [0.15, 0.2) is 47.5 Å². The number of benzene rings is 2. The van der Waals surface area contributed by atoms with Crippen LogP contribution < -0.4 is 4.74 Å². The number of rotatable bonds is 3. The minimum atomic E-state index is -1.18. The van der Waals surface area contributed by atoms with E-state index in [0.29, 0.717) is 22.4 Å². The molecule has 0 aromatic heterocycles. The summed E-state index contributed by atoms with van der Waals surface area (Å²) in [7, 11) is 0. The molecular weight excluding hydrogens is 353 g/mol. The summed E-state index contributed by atoms with van der Waals surface area (Å²) in [5.41, 5.74) is 0.725. The first-order valence-corrected chi connectivity index (χ1v) is 8.84. The van der Waals surface area contributed by atoms with E-state index in [4.69, 9.17) is 27.9 Å². The molecule has 0 saturated carbocycles. The number of hydrogen-bond donors (Lipinski definition) is 1. The summed E-state index contributed by atoms with van der Waals surface area (Å²) < 4.78 is 5.72. The summed E-state index contributed by atoms with van der Waals surface area (Å²) in [6.45, 7) is 0.302. The monoisotopic (exact) mass is 365 g/mol. The van der Waals surface area contributed by atoms with Crippen LogP contribution in [0.5, 0.6) is 5.75 Å². The van der Waals surface area contributed by atoms with Crippen molar-refractivity contribution in [1.29, 1.82) is 0 Å². The number of halogens is 2. The van der Waals surface area contributed by atoms with Crippen molar-refractivity contribution in [3.8, 4) is 5.75 Å². The molecule has 2 unspecified atom stereocenters. The first kappa shape index (κ1) is 15.3. The first-order valence-electron chi connectivity index (χ1n) is 7.20. The van der Waals surface area contributed by atoms with E-state index in [-0.39, 0.29) is 5.25 Å². The maximum Gasteiger partial charge on any atom is 0.196 e. The third-order valence-corrected chi connectivity index (χ3v) is 5.89. The molecule has 1 heterocycles. The van der Waals surface area contributed by atoms with Gasteiger partial charge in [-0.2, -0.15) is 0 Å². The highest BCUT2D eigenvalue weighted by molar-refractivity contribution is 8.14. The van der Waals surface area contributed by atoms with E-state index in [1.165, 1.54) is 0 Å². The summed E-state index contributed by atoms with van der Waals surface area (Å²) >= 11 is 13.7. The van der Waals surface area contributed by atoms with E-state index in [1.54, 1.807) is 23.9 Å². The van der Waals surface area contributed by atoms with E-state index >= 15 is 0 Å². The number of nitrogens with zero attached hydrogens (tertiary/aromatic N) is 1. The van der Waals surface area contributed by atoms with Crippen molar-refractivity contribution in [3.05, 3.63) is 63.6 Å². The Bertz CT molecular complexity index is 811. The van der Waals surface area contributed by atoms with Gasteiger partial charge in [0.25, 0.3) is 0 Å². The van der Waals surface area contributed by atoms with Gasteiger partial charge in [0, 0.05) is 10.6 Å². The minimum absolute atomic E-state index is 0.0270. The molecule has 0 radical (unpaired) electrons. The van der Waals surface area contributed by atoms with Gasteiger partial charge in [0.05, 0.1) is 10.3 Å². The Morgan fingerprint density at radius 3 is 2.91 bits per heavy atom. The van der Waals surface area contributed by atoms with Gasteiger partial charge < -0.3 is 9.84 Å². The molecule has 3 nitrogen and oxygen atoms in total. The molecule has 0 bridgehead atoms. The van der Waals surface area contributed by atoms with Crippen LogP contribution in [0.2, 0.25) is 10.0 Å². The third kappa shape index (κ3) is 2.64. The number of para-hydroxylation sites is 1. The van der Waals surface area contributed by atoms with Crippen LogP contribution in [0.25, 0.3) is 0 Å². The molecule has 1 N–H and O–H groups in total. The summed E-state index contributed by atoms with van der Waals surface area (Å²) in [6.07, 6.45) is 0.746. The Morgan fingerprint density at radius 2 is 2.09 bits per heavy atom. The fraction of sp³-hybridized carbons (Fsp3) is 0.235. The first-order chi connectivity index (χ1) is 11.1. The molecule has 0 fully saturated rings. The van der Waals surface area contributed by atoms with Crippen molar-refractivity contribution < 1.29 is 9.84 Å². The SMILES string of the molecule is OC12N=C(COc3ccccc3Cl)SC1Cc1cc(Cl)ccc12. The standard InChI is InChI=1S/C17H13Cl2NO2S/c18-11-5-6-12-10(7-11)8-15-17(12,21)20-16(23-15)9-22-14-4-2-1-3-13(14)19/h1-7,15,21H,8-9H2. The Morgan fingerprint density at radius 1 is 1.26 bits per heavy atom. The highest BCUT2D eigenvalue weighted by Gasteiger charge is 2.50. The van der Waals surface area contributed by atoms with Gasteiger partial charge in [-0.3, -0.25) is 0 Å². The van der Waals surface area contributed by atoms with E-state index in [9.17, 15) is 5.11 Å². The van der Waals surface area contributed by atoms with Gasteiger partial charge in [0.2, 0.25) is 0 Å². The fourth-order valence-electron chi connectivity index (χ4n) is 3.01. The maximum absolute atomic E-state index is 11.0. The third-order valence-electron chi connectivity index (χ3n) is 4.08. The second-order valence-electron chi connectivity index (χ2n) is 5.56.